The fourth-order valence-electron chi connectivity index (χ4n) is 2.63. The van der Waals surface area contributed by atoms with Gasteiger partial charge in [0, 0.05) is 0 Å². The normalized spacial score (nSPS) is 15.1. The minimum Gasteiger partial charge on any atom is -0.0801 e. The molecule has 0 saturated carbocycles. The van der Waals surface area contributed by atoms with E-state index in [-0.39, 0.29) is 0 Å². The SMILES string of the molecule is C1=CCC(C2=CC=CC2)=C1.c1ccc(-c2ccccc2)cc1. The van der Waals surface area contributed by atoms with Gasteiger partial charge in [0.25, 0.3) is 0 Å². The quantitative estimate of drug-likeness (QED) is 0.624. The van der Waals surface area contributed by atoms with Crippen molar-refractivity contribution in [2.45, 2.75) is 12.8 Å². The summed E-state index contributed by atoms with van der Waals surface area (Å²) >= 11 is 0. The first-order chi connectivity index (χ1) is 10.9. The van der Waals surface area contributed by atoms with Crippen LogP contribution in [0, 0.1) is 0 Å². The first kappa shape index (κ1) is 14.3. The molecular weight excluding hydrogens is 264 g/mol. The molecule has 0 spiro atoms. The number of rotatable bonds is 2. The summed E-state index contributed by atoms with van der Waals surface area (Å²) in [6.45, 7) is 0. The lowest BCUT2D eigenvalue weighted by atomic mass is 10.1. The van der Waals surface area contributed by atoms with Crippen molar-refractivity contribution in [1.29, 1.82) is 0 Å². The first-order valence-corrected chi connectivity index (χ1v) is 7.76. The van der Waals surface area contributed by atoms with E-state index in [2.05, 4.69) is 85.0 Å². The summed E-state index contributed by atoms with van der Waals surface area (Å²) in [5.41, 5.74) is 5.53. The van der Waals surface area contributed by atoms with E-state index in [1.807, 2.05) is 12.1 Å². The maximum absolute atomic E-state index is 2.21. The molecule has 2 aromatic carbocycles. The molecule has 108 valence electrons. The van der Waals surface area contributed by atoms with E-state index in [4.69, 9.17) is 0 Å². The molecule has 0 amide bonds. The highest BCUT2D eigenvalue weighted by atomic mass is 14.1. The lowest BCUT2D eigenvalue weighted by molar-refractivity contribution is 1.18. The standard InChI is InChI=1S/C12H10.C10H10/c1-3-7-11(8-4-1)12-9-5-2-6-10-12;1-2-6-9(5-1)10-7-3-4-8-10/h1-10H;1-5,7H,6,8H2. The third-order valence-corrected chi connectivity index (χ3v) is 3.84. The minimum atomic E-state index is 1.13. The van der Waals surface area contributed by atoms with Crippen LogP contribution in [0.5, 0.6) is 0 Å². The second-order valence-electron chi connectivity index (χ2n) is 5.38. The molecule has 0 aromatic heterocycles. The van der Waals surface area contributed by atoms with Crippen molar-refractivity contribution in [2.75, 3.05) is 0 Å². The lowest BCUT2D eigenvalue weighted by Crippen LogP contribution is -1.80. The van der Waals surface area contributed by atoms with Gasteiger partial charge in [-0.25, -0.2) is 0 Å². The van der Waals surface area contributed by atoms with Crippen molar-refractivity contribution in [3.63, 3.8) is 0 Å². The first-order valence-electron chi connectivity index (χ1n) is 7.76. The number of hydrogen-bond acceptors (Lipinski definition) is 0. The van der Waals surface area contributed by atoms with Gasteiger partial charge in [-0.05, 0) is 35.1 Å². The van der Waals surface area contributed by atoms with Crippen LogP contribution in [0.25, 0.3) is 11.1 Å². The Bertz CT molecular complexity index is 648. The molecule has 22 heavy (non-hydrogen) atoms. The van der Waals surface area contributed by atoms with E-state index >= 15 is 0 Å². The summed E-state index contributed by atoms with van der Waals surface area (Å²) in [5, 5.41) is 0. The van der Waals surface area contributed by atoms with Crippen molar-refractivity contribution >= 4 is 0 Å². The van der Waals surface area contributed by atoms with E-state index in [9.17, 15) is 0 Å². The molecule has 0 atom stereocenters. The van der Waals surface area contributed by atoms with Gasteiger partial charge < -0.3 is 0 Å². The molecule has 0 saturated heterocycles. The average molecular weight is 284 g/mol. The summed E-state index contributed by atoms with van der Waals surface area (Å²) in [6.07, 6.45) is 15.4. The van der Waals surface area contributed by atoms with Crippen molar-refractivity contribution < 1.29 is 0 Å². The monoisotopic (exact) mass is 284 g/mol. The van der Waals surface area contributed by atoms with Crippen LogP contribution in [0.1, 0.15) is 12.8 Å². The Hall–Kier alpha value is -2.60. The Morgan fingerprint density at radius 3 is 1.23 bits per heavy atom. The van der Waals surface area contributed by atoms with Crippen LogP contribution < -0.4 is 0 Å². The van der Waals surface area contributed by atoms with Crippen LogP contribution in [0.2, 0.25) is 0 Å². The number of hydrogen-bond donors (Lipinski definition) is 0. The molecule has 0 N–H and O–H groups in total. The van der Waals surface area contributed by atoms with Crippen LogP contribution in [0.15, 0.2) is 108 Å². The third kappa shape index (κ3) is 3.73. The number of benzene rings is 2. The molecule has 0 heteroatoms. The molecule has 2 aliphatic rings. The van der Waals surface area contributed by atoms with Crippen molar-refractivity contribution in [1.82, 2.24) is 0 Å². The third-order valence-electron chi connectivity index (χ3n) is 3.84. The van der Waals surface area contributed by atoms with Gasteiger partial charge in [0.2, 0.25) is 0 Å². The largest absolute Gasteiger partial charge is 0.0801 e. The minimum absolute atomic E-state index is 1.13. The van der Waals surface area contributed by atoms with Gasteiger partial charge in [0.1, 0.15) is 0 Å². The molecule has 2 aromatic rings. The molecular formula is C22H20. The van der Waals surface area contributed by atoms with Crippen LogP contribution in [-0.4, -0.2) is 0 Å². The van der Waals surface area contributed by atoms with Gasteiger partial charge in [-0.3, -0.25) is 0 Å². The second kappa shape index (κ2) is 7.42. The summed E-state index contributed by atoms with van der Waals surface area (Å²) < 4.78 is 0. The molecule has 4 rings (SSSR count). The summed E-state index contributed by atoms with van der Waals surface area (Å²) in [5.74, 6) is 0. The van der Waals surface area contributed by atoms with E-state index in [0.29, 0.717) is 0 Å². The maximum atomic E-state index is 2.21. The molecule has 2 aliphatic carbocycles. The Morgan fingerprint density at radius 1 is 0.500 bits per heavy atom. The summed E-state index contributed by atoms with van der Waals surface area (Å²) in [4.78, 5) is 0. The molecule has 0 aliphatic heterocycles. The van der Waals surface area contributed by atoms with Gasteiger partial charge in [-0.1, -0.05) is 97.1 Å². The van der Waals surface area contributed by atoms with E-state index < -0.39 is 0 Å². The van der Waals surface area contributed by atoms with Gasteiger partial charge >= 0.3 is 0 Å². The molecule has 0 nitrogen and oxygen atoms in total. The highest BCUT2D eigenvalue weighted by Gasteiger charge is 2.05. The average Bonchev–Trinajstić information content (AvgIpc) is 3.30. The molecule has 0 fully saturated rings. The summed E-state index contributed by atoms with van der Waals surface area (Å²) in [7, 11) is 0. The van der Waals surface area contributed by atoms with Crippen molar-refractivity contribution in [2.24, 2.45) is 0 Å². The predicted molar refractivity (Wildman–Crippen MR) is 95.6 cm³/mol. The van der Waals surface area contributed by atoms with Gasteiger partial charge in [-0.2, -0.15) is 0 Å². The van der Waals surface area contributed by atoms with Gasteiger partial charge in [-0.15, -0.1) is 0 Å². The van der Waals surface area contributed by atoms with Crippen LogP contribution in [-0.2, 0) is 0 Å². The zero-order valence-electron chi connectivity index (χ0n) is 12.7. The summed E-state index contributed by atoms with van der Waals surface area (Å²) in [6, 6.07) is 20.8. The van der Waals surface area contributed by atoms with Gasteiger partial charge in [0.05, 0.1) is 0 Å². The Kier molecular flexibility index (Phi) is 4.84. The number of allylic oxidation sites excluding steroid dienone is 8. The fraction of sp³-hybridized carbons (Fsp3) is 0.0909. The Morgan fingerprint density at radius 2 is 0.909 bits per heavy atom. The fourth-order valence-corrected chi connectivity index (χ4v) is 2.63. The zero-order valence-corrected chi connectivity index (χ0v) is 12.7. The van der Waals surface area contributed by atoms with E-state index in [0.717, 1.165) is 12.8 Å². The Labute approximate surface area is 132 Å². The van der Waals surface area contributed by atoms with Crippen molar-refractivity contribution in [3.05, 3.63) is 108 Å². The second-order valence-corrected chi connectivity index (χ2v) is 5.38. The smallest absolute Gasteiger partial charge is 0.00915 e. The Balaban J connectivity index is 0.000000133. The van der Waals surface area contributed by atoms with Crippen LogP contribution in [0.3, 0.4) is 0 Å². The molecule has 0 unspecified atom stereocenters. The highest BCUT2D eigenvalue weighted by Crippen LogP contribution is 2.25. The molecule has 0 bridgehead atoms. The van der Waals surface area contributed by atoms with Crippen molar-refractivity contribution in [3.8, 4) is 11.1 Å². The van der Waals surface area contributed by atoms with Crippen LogP contribution >= 0.6 is 0 Å². The predicted octanol–water partition coefficient (Wildman–Crippen LogP) is 6.11. The molecule has 0 radical (unpaired) electrons. The molecule has 0 heterocycles. The van der Waals surface area contributed by atoms with E-state index in [1.54, 1.807) is 0 Å². The highest BCUT2D eigenvalue weighted by molar-refractivity contribution is 5.62. The lowest BCUT2D eigenvalue weighted by Gasteiger charge is -1.99. The topological polar surface area (TPSA) is 0 Å². The zero-order chi connectivity index (χ0) is 15.0. The van der Waals surface area contributed by atoms with E-state index in [1.165, 1.54) is 22.3 Å². The van der Waals surface area contributed by atoms with Gasteiger partial charge in [0.15, 0.2) is 0 Å². The maximum Gasteiger partial charge on any atom is -0.00915 e. The van der Waals surface area contributed by atoms with Crippen LogP contribution in [0.4, 0.5) is 0 Å².